The predicted octanol–water partition coefficient (Wildman–Crippen LogP) is 3.80. The molecule has 0 atom stereocenters. The molecule has 0 aliphatic heterocycles. The van der Waals surface area contributed by atoms with Gasteiger partial charge < -0.3 is 0 Å². The van der Waals surface area contributed by atoms with Crippen LogP contribution in [0.5, 0.6) is 0 Å². The summed E-state index contributed by atoms with van der Waals surface area (Å²) in [6, 6.07) is 9.44. The van der Waals surface area contributed by atoms with E-state index in [1.165, 1.54) is 0 Å². The van der Waals surface area contributed by atoms with Crippen LogP contribution in [0.2, 0.25) is 0 Å². The summed E-state index contributed by atoms with van der Waals surface area (Å²) < 4.78 is 0. The molecule has 0 fully saturated rings. The van der Waals surface area contributed by atoms with Gasteiger partial charge in [0.05, 0.1) is 4.92 Å². The fraction of sp³-hybridized carbons (Fsp3) is 0.286. The maximum Gasteiger partial charge on any atom is 0.272 e. The van der Waals surface area contributed by atoms with E-state index in [1.54, 1.807) is 6.08 Å². The van der Waals surface area contributed by atoms with Gasteiger partial charge in [-0.05, 0) is 31.2 Å². The van der Waals surface area contributed by atoms with E-state index in [4.69, 9.17) is 0 Å². The van der Waals surface area contributed by atoms with E-state index in [2.05, 4.69) is 0 Å². The zero-order valence-electron chi connectivity index (χ0n) is 9.63. The number of rotatable bonds is 3. The summed E-state index contributed by atoms with van der Waals surface area (Å²) in [5, 5.41) is 11.1. The summed E-state index contributed by atoms with van der Waals surface area (Å²) in [6.07, 6.45) is 7.62. The lowest BCUT2D eigenvalue weighted by atomic mass is 9.96. The van der Waals surface area contributed by atoms with Crippen LogP contribution in [0.15, 0.2) is 47.7 Å². The van der Waals surface area contributed by atoms with Gasteiger partial charge in [0.25, 0.3) is 5.70 Å². The van der Waals surface area contributed by atoms with Gasteiger partial charge in [0, 0.05) is 11.6 Å². The first-order valence-corrected chi connectivity index (χ1v) is 5.88. The van der Waals surface area contributed by atoms with Gasteiger partial charge in [-0.3, -0.25) is 10.1 Å². The van der Waals surface area contributed by atoms with Crippen LogP contribution < -0.4 is 0 Å². The lowest BCUT2D eigenvalue weighted by molar-refractivity contribution is -0.419. The van der Waals surface area contributed by atoms with E-state index in [-0.39, 0.29) is 10.6 Å². The molecule has 0 unspecified atom stereocenters. The van der Waals surface area contributed by atoms with Gasteiger partial charge >= 0.3 is 0 Å². The number of benzene rings is 1. The monoisotopic (exact) mass is 229 g/mol. The second-order valence-electron chi connectivity index (χ2n) is 4.17. The molecule has 0 spiro atoms. The van der Waals surface area contributed by atoms with Gasteiger partial charge in [-0.15, -0.1) is 0 Å². The minimum Gasteiger partial charge on any atom is -0.258 e. The minimum absolute atomic E-state index is 0.246. The largest absolute Gasteiger partial charge is 0.272 e. The maximum atomic E-state index is 11.1. The highest BCUT2D eigenvalue weighted by Gasteiger charge is 2.18. The Morgan fingerprint density at radius 2 is 2.00 bits per heavy atom. The van der Waals surface area contributed by atoms with Crippen molar-refractivity contribution in [3.8, 4) is 0 Å². The third-order valence-corrected chi connectivity index (χ3v) is 2.92. The van der Waals surface area contributed by atoms with E-state index >= 15 is 0 Å². The Morgan fingerprint density at radius 3 is 2.59 bits per heavy atom. The lowest BCUT2D eigenvalue weighted by Crippen LogP contribution is -2.04. The molecular formula is C14H15NO2. The Morgan fingerprint density at radius 1 is 1.24 bits per heavy atom. The molecule has 0 radical (unpaired) electrons. The van der Waals surface area contributed by atoms with Crippen LogP contribution in [0, 0.1) is 10.1 Å². The van der Waals surface area contributed by atoms with Crippen LogP contribution >= 0.6 is 0 Å². The van der Waals surface area contributed by atoms with E-state index in [0.29, 0.717) is 0 Å². The van der Waals surface area contributed by atoms with Crippen LogP contribution in [0.4, 0.5) is 0 Å². The molecule has 88 valence electrons. The molecule has 17 heavy (non-hydrogen) atoms. The van der Waals surface area contributed by atoms with E-state index in [0.717, 1.165) is 36.8 Å². The van der Waals surface area contributed by atoms with Crippen LogP contribution in [0.1, 0.15) is 31.2 Å². The summed E-state index contributed by atoms with van der Waals surface area (Å²) in [6.45, 7) is 0. The number of nitro groups is 1. The second kappa shape index (κ2) is 5.43. The van der Waals surface area contributed by atoms with Crippen molar-refractivity contribution in [3.63, 3.8) is 0 Å². The molecule has 1 aliphatic carbocycles. The quantitative estimate of drug-likeness (QED) is 0.584. The van der Waals surface area contributed by atoms with Gasteiger partial charge in [0.2, 0.25) is 0 Å². The van der Waals surface area contributed by atoms with Crippen LogP contribution in [-0.4, -0.2) is 4.92 Å². The molecule has 0 saturated carbocycles. The highest BCUT2D eigenvalue weighted by Crippen LogP contribution is 2.25. The highest BCUT2D eigenvalue weighted by atomic mass is 16.6. The molecule has 0 aromatic heterocycles. The molecule has 3 nitrogen and oxygen atoms in total. The average Bonchev–Trinajstić information content (AvgIpc) is 2.38. The zero-order valence-corrected chi connectivity index (χ0v) is 9.63. The Labute approximate surface area is 101 Å². The third kappa shape index (κ3) is 3.03. The SMILES string of the molecule is O=[N+]([O-])/C(=C/c1ccccc1)C1=CCCCC1. The van der Waals surface area contributed by atoms with Gasteiger partial charge in [-0.1, -0.05) is 36.4 Å². The topological polar surface area (TPSA) is 43.1 Å². The van der Waals surface area contributed by atoms with Crippen LogP contribution in [-0.2, 0) is 0 Å². The molecule has 0 N–H and O–H groups in total. The first-order chi connectivity index (χ1) is 8.27. The minimum atomic E-state index is -0.274. The van der Waals surface area contributed by atoms with Crippen molar-refractivity contribution in [1.29, 1.82) is 0 Å². The highest BCUT2D eigenvalue weighted by molar-refractivity contribution is 5.55. The fourth-order valence-electron chi connectivity index (χ4n) is 2.04. The summed E-state index contributed by atoms with van der Waals surface area (Å²) in [5.74, 6) is 0. The van der Waals surface area contributed by atoms with Crippen LogP contribution in [0.3, 0.4) is 0 Å². The first kappa shape index (κ1) is 11.6. The van der Waals surface area contributed by atoms with E-state index in [9.17, 15) is 10.1 Å². The Kier molecular flexibility index (Phi) is 3.70. The zero-order chi connectivity index (χ0) is 12.1. The smallest absolute Gasteiger partial charge is 0.258 e. The summed E-state index contributed by atoms with van der Waals surface area (Å²) in [4.78, 5) is 10.8. The van der Waals surface area contributed by atoms with Gasteiger partial charge in [-0.2, -0.15) is 0 Å². The number of allylic oxidation sites excluding steroid dienone is 2. The average molecular weight is 229 g/mol. The van der Waals surface area contributed by atoms with Crippen molar-refractivity contribution < 1.29 is 4.92 Å². The molecule has 0 bridgehead atoms. The van der Waals surface area contributed by atoms with E-state index in [1.807, 2.05) is 36.4 Å². The molecule has 1 aliphatic rings. The molecule has 1 aromatic rings. The summed E-state index contributed by atoms with van der Waals surface area (Å²) in [7, 11) is 0. The van der Waals surface area contributed by atoms with Crippen molar-refractivity contribution in [1.82, 2.24) is 0 Å². The lowest BCUT2D eigenvalue weighted by Gasteiger charge is -2.10. The number of hydrogen-bond acceptors (Lipinski definition) is 2. The predicted molar refractivity (Wildman–Crippen MR) is 68.0 cm³/mol. The Hall–Kier alpha value is -1.90. The van der Waals surface area contributed by atoms with Crippen LogP contribution in [0.25, 0.3) is 6.08 Å². The second-order valence-corrected chi connectivity index (χ2v) is 4.17. The number of hydrogen-bond donors (Lipinski definition) is 0. The number of nitrogens with zero attached hydrogens (tertiary/aromatic N) is 1. The fourth-order valence-corrected chi connectivity index (χ4v) is 2.04. The maximum absolute atomic E-state index is 11.1. The third-order valence-electron chi connectivity index (χ3n) is 2.92. The molecule has 3 heteroatoms. The molecular weight excluding hydrogens is 214 g/mol. The molecule has 1 aromatic carbocycles. The Bertz CT molecular complexity index is 460. The molecule has 0 heterocycles. The van der Waals surface area contributed by atoms with Crippen molar-refractivity contribution in [3.05, 3.63) is 63.4 Å². The Balaban J connectivity index is 2.32. The molecule has 0 saturated heterocycles. The van der Waals surface area contributed by atoms with Gasteiger partial charge in [0.15, 0.2) is 0 Å². The summed E-state index contributed by atoms with van der Waals surface area (Å²) in [5.41, 5.74) is 2.01. The summed E-state index contributed by atoms with van der Waals surface area (Å²) >= 11 is 0. The normalized spacial score (nSPS) is 16.5. The van der Waals surface area contributed by atoms with Gasteiger partial charge in [-0.25, -0.2) is 0 Å². The van der Waals surface area contributed by atoms with Crippen molar-refractivity contribution in [2.45, 2.75) is 25.7 Å². The standard InChI is InChI=1S/C14H15NO2/c16-15(17)14(13-9-5-2-6-10-13)11-12-7-3-1-4-8-12/h1,3-4,7-9,11H,2,5-6,10H2/b14-11+. The van der Waals surface area contributed by atoms with Crippen molar-refractivity contribution in [2.75, 3.05) is 0 Å². The van der Waals surface area contributed by atoms with Gasteiger partial charge in [0.1, 0.15) is 0 Å². The van der Waals surface area contributed by atoms with E-state index < -0.39 is 0 Å². The van der Waals surface area contributed by atoms with Crippen molar-refractivity contribution >= 4 is 6.08 Å². The van der Waals surface area contributed by atoms with Crippen molar-refractivity contribution in [2.24, 2.45) is 0 Å². The molecule has 2 rings (SSSR count). The molecule has 0 amide bonds. The first-order valence-electron chi connectivity index (χ1n) is 5.88.